The maximum Gasteiger partial charge on any atom is 0.472 e. The molecule has 21 nitrogen and oxygen atoms in total. The van der Waals surface area contributed by atoms with Crippen LogP contribution in [-0.4, -0.2) is 189 Å². The summed E-state index contributed by atoms with van der Waals surface area (Å²) in [5.41, 5.74) is 3.16. The van der Waals surface area contributed by atoms with Crippen LogP contribution in [0.2, 0.25) is 0 Å². The largest absolute Gasteiger partial charge is 0.508 e. The molecule has 2 rings (SSSR count). The SMILES string of the molecule is CCCCCCCCCCCCCCCCCC(=O)OC[C@H](COP(=O)(O)OCCOCCOCCOCCOCCOCCOCCOCCNC(=O)CCCCCC(=O)NCCc1ccc(O)c([C@H](CCN(C(C)C)C(C)C)c2ccccc2)c1)OC(=O)CCCCCCCCCCCCCCCCC. The minimum atomic E-state index is -4.56. The lowest BCUT2D eigenvalue weighted by molar-refractivity contribution is -0.161. The Hall–Kier alpha value is -4.09. The Bertz CT molecular complexity index is 2440. The number of rotatable bonds is 79. The number of ether oxygens (including phenoxy) is 9. The van der Waals surface area contributed by atoms with Crippen molar-refractivity contribution in [2.45, 2.75) is 316 Å². The first-order valence-corrected chi connectivity index (χ1v) is 43.8. The molecular formula is C85H152N3O18P. The van der Waals surface area contributed by atoms with Gasteiger partial charge in [-0.3, -0.25) is 33.1 Å². The molecule has 0 aliphatic carbocycles. The van der Waals surface area contributed by atoms with Gasteiger partial charge in [0.25, 0.3) is 0 Å². The zero-order chi connectivity index (χ0) is 77.6. The molecule has 620 valence electrons. The lowest BCUT2D eigenvalue weighted by atomic mass is 9.86. The number of phosphoric ester groups is 1. The van der Waals surface area contributed by atoms with Crippen LogP contribution >= 0.6 is 7.82 Å². The van der Waals surface area contributed by atoms with Crippen molar-refractivity contribution in [1.29, 1.82) is 0 Å². The van der Waals surface area contributed by atoms with E-state index in [2.05, 4.69) is 75.3 Å². The van der Waals surface area contributed by atoms with Crippen LogP contribution in [-0.2, 0) is 81.8 Å². The molecule has 0 aliphatic rings. The second-order valence-electron chi connectivity index (χ2n) is 29.2. The number of carbonyl (C=O) groups excluding carboxylic acids is 4. The van der Waals surface area contributed by atoms with Crippen molar-refractivity contribution in [3.05, 3.63) is 65.2 Å². The van der Waals surface area contributed by atoms with Gasteiger partial charge >= 0.3 is 19.8 Å². The quantitative estimate of drug-likeness (QED) is 0.0273. The average molecular weight is 1540 g/mol. The van der Waals surface area contributed by atoms with Crippen LogP contribution in [0.1, 0.15) is 308 Å². The number of carbonyl (C=O) groups is 4. The molecule has 3 atom stereocenters. The highest BCUT2D eigenvalue weighted by molar-refractivity contribution is 7.47. The summed E-state index contributed by atoms with van der Waals surface area (Å²) in [6, 6.07) is 17.0. The molecule has 2 amide bonds. The van der Waals surface area contributed by atoms with Gasteiger partial charge < -0.3 is 63.3 Å². The number of phenolic OH excluding ortho intramolecular Hbond substituents is 1. The number of nitrogens with zero attached hydrogens (tertiary/aromatic N) is 1. The maximum atomic E-state index is 12.9. The molecule has 4 N–H and O–H groups in total. The zero-order valence-electron chi connectivity index (χ0n) is 68.0. The Kier molecular flexibility index (Phi) is 65.7. The first-order valence-electron chi connectivity index (χ1n) is 42.3. The van der Waals surface area contributed by atoms with E-state index in [1.807, 2.05) is 24.3 Å². The number of hydrogen-bond donors (Lipinski definition) is 4. The van der Waals surface area contributed by atoms with Gasteiger partial charge in [-0.1, -0.05) is 243 Å². The highest BCUT2D eigenvalue weighted by Gasteiger charge is 2.27. The molecule has 1 unspecified atom stereocenters. The number of esters is 2. The Balaban J connectivity index is 1.45. The first kappa shape index (κ1) is 99.0. The summed E-state index contributed by atoms with van der Waals surface area (Å²) in [6.45, 7) is 19.1. The van der Waals surface area contributed by atoms with Gasteiger partial charge in [-0.25, -0.2) is 4.57 Å². The van der Waals surface area contributed by atoms with Gasteiger partial charge in [0, 0.05) is 62.3 Å². The fourth-order valence-electron chi connectivity index (χ4n) is 12.9. The standard InChI is InChI=1S/C85H152N3O18P/c1-7-9-11-13-15-17-19-21-23-25-27-29-31-33-41-47-84(92)103-72-78(106-85(93)48-42-34-32-30-28-26-24-22-20-18-16-14-12-10-8-2)73-105-107(94,95)104-70-69-102-68-67-101-66-65-100-64-63-99-62-61-98-60-59-97-58-57-96-56-54-87-83(91)46-40-36-39-45-82(90)86-53-51-76-49-50-81(89)80(71-76)79(77-43-37-35-38-44-77)52-55-88(74(3)4)75(5)6/h35,37-38,43-44,49-50,71,74-75,78-79,89H,7-34,36,39-42,45-48,51-70,72-73H2,1-6H3,(H,86,90)(H,87,91)(H,94,95)/t78-,79-/m1/s1. The molecule has 0 spiro atoms. The van der Waals surface area contributed by atoms with Crippen molar-refractivity contribution in [2.24, 2.45) is 0 Å². The molecule has 107 heavy (non-hydrogen) atoms. The number of phenols is 1. The van der Waals surface area contributed by atoms with Crippen molar-refractivity contribution in [1.82, 2.24) is 15.5 Å². The molecule has 0 fully saturated rings. The summed E-state index contributed by atoms with van der Waals surface area (Å²) >= 11 is 0. The van der Waals surface area contributed by atoms with Crippen molar-refractivity contribution >= 4 is 31.6 Å². The van der Waals surface area contributed by atoms with Crippen LogP contribution in [0, 0.1) is 0 Å². The van der Waals surface area contributed by atoms with Crippen LogP contribution in [0.4, 0.5) is 0 Å². The normalized spacial score (nSPS) is 12.8. The monoisotopic (exact) mass is 1530 g/mol. The van der Waals surface area contributed by atoms with Crippen LogP contribution in [0.5, 0.6) is 5.75 Å². The van der Waals surface area contributed by atoms with Crippen molar-refractivity contribution in [3.63, 3.8) is 0 Å². The molecule has 0 saturated heterocycles. The van der Waals surface area contributed by atoms with E-state index in [0.717, 1.165) is 69.0 Å². The average Bonchev–Trinajstić information content (AvgIpc) is 0.818. The third kappa shape index (κ3) is 60.3. The van der Waals surface area contributed by atoms with Crippen molar-refractivity contribution in [3.8, 4) is 5.75 Å². The summed E-state index contributed by atoms with van der Waals surface area (Å²) in [5, 5.41) is 17.0. The highest BCUT2D eigenvalue weighted by Crippen LogP contribution is 2.43. The number of benzene rings is 2. The molecule has 0 aliphatic heterocycles. The van der Waals surface area contributed by atoms with E-state index in [-0.39, 0.29) is 63.6 Å². The third-order valence-corrected chi connectivity index (χ3v) is 20.1. The Morgan fingerprint density at radius 1 is 0.430 bits per heavy atom. The summed E-state index contributed by atoms with van der Waals surface area (Å²) in [4.78, 5) is 63.6. The molecule has 0 radical (unpaired) electrons. The van der Waals surface area contributed by atoms with Gasteiger partial charge in [0.05, 0.1) is 106 Å². The molecular weight excluding hydrogens is 1380 g/mol. The van der Waals surface area contributed by atoms with Gasteiger partial charge in [0.2, 0.25) is 11.8 Å². The summed E-state index contributed by atoms with van der Waals surface area (Å²) < 4.78 is 73.2. The van der Waals surface area contributed by atoms with Crippen LogP contribution < -0.4 is 10.6 Å². The topological polar surface area (TPSA) is 255 Å². The van der Waals surface area contributed by atoms with Crippen LogP contribution in [0.3, 0.4) is 0 Å². The summed E-state index contributed by atoms with van der Waals surface area (Å²) in [6.07, 6.45) is 40.6. The van der Waals surface area contributed by atoms with E-state index in [1.54, 1.807) is 6.07 Å². The number of unbranched alkanes of at least 4 members (excludes halogenated alkanes) is 30. The number of amides is 2. The summed E-state index contributed by atoms with van der Waals surface area (Å²) in [5.74, 6) is -0.579. The van der Waals surface area contributed by atoms with E-state index in [1.165, 1.54) is 147 Å². The van der Waals surface area contributed by atoms with Crippen molar-refractivity contribution < 1.29 is 85.4 Å². The summed E-state index contributed by atoms with van der Waals surface area (Å²) in [7, 11) is -4.56. The minimum Gasteiger partial charge on any atom is -0.508 e. The van der Waals surface area contributed by atoms with E-state index < -0.39 is 32.5 Å². The van der Waals surface area contributed by atoms with Gasteiger partial charge in [-0.15, -0.1) is 0 Å². The first-order chi connectivity index (χ1) is 52.1. The van der Waals surface area contributed by atoms with Gasteiger partial charge in [0.15, 0.2) is 6.10 Å². The Morgan fingerprint density at radius 3 is 1.23 bits per heavy atom. The molecule has 2 aromatic rings. The van der Waals surface area contributed by atoms with Gasteiger partial charge in [-0.05, 0) is 90.0 Å². The van der Waals surface area contributed by atoms with Crippen LogP contribution in [0.25, 0.3) is 0 Å². The second kappa shape index (κ2) is 71.0. The molecule has 2 aromatic carbocycles. The van der Waals surface area contributed by atoms with Gasteiger partial charge in [0.1, 0.15) is 12.4 Å². The van der Waals surface area contributed by atoms with E-state index in [0.29, 0.717) is 149 Å². The third-order valence-electron chi connectivity index (χ3n) is 19.1. The van der Waals surface area contributed by atoms with E-state index >= 15 is 0 Å². The maximum absolute atomic E-state index is 12.9. The number of hydrogen-bond acceptors (Lipinski definition) is 18. The van der Waals surface area contributed by atoms with E-state index in [9.17, 15) is 33.7 Å². The zero-order valence-corrected chi connectivity index (χ0v) is 68.9. The Labute approximate surface area is 648 Å². The second-order valence-corrected chi connectivity index (χ2v) is 30.6. The fourth-order valence-corrected chi connectivity index (χ4v) is 13.6. The molecule has 22 heteroatoms. The molecule has 0 heterocycles. The minimum absolute atomic E-state index is 0.00200. The highest BCUT2D eigenvalue weighted by atomic mass is 31.2. The van der Waals surface area contributed by atoms with Crippen LogP contribution in [0.15, 0.2) is 48.5 Å². The number of phosphoric acid groups is 1. The number of aromatic hydroxyl groups is 1. The Morgan fingerprint density at radius 2 is 0.804 bits per heavy atom. The number of nitrogens with one attached hydrogen (secondary N) is 2. The molecule has 0 aromatic heterocycles. The predicted molar refractivity (Wildman–Crippen MR) is 428 cm³/mol. The lowest BCUT2D eigenvalue weighted by Crippen LogP contribution is -2.38. The lowest BCUT2D eigenvalue weighted by Gasteiger charge is -2.32. The van der Waals surface area contributed by atoms with Crippen molar-refractivity contribution in [2.75, 3.05) is 132 Å². The predicted octanol–water partition coefficient (Wildman–Crippen LogP) is 18.0. The van der Waals surface area contributed by atoms with E-state index in [4.69, 9.17) is 51.7 Å². The van der Waals surface area contributed by atoms with Gasteiger partial charge in [-0.2, -0.15) is 0 Å². The molecule has 0 saturated carbocycles. The molecule has 0 bridgehead atoms. The fraction of sp³-hybridized carbons (Fsp3) is 0.812. The smallest absolute Gasteiger partial charge is 0.472 e.